The van der Waals surface area contributed by atoms with Gasteiger partial charge in [0.25, 0.3) is 0 Å². The third-order valence-corrected chi connectivity index (χ3v) is 3.01. The zero-order chi connectivity index (χ0) is 14.8. The minimum absolute atomic E-state index is 0.230. The number of hydrogen-bond acceptors (Lipinski definition) is 3. The molecule has 0 amide bonds. The van der Waals surface area contributed by atoms with Crippen LogP contribution in [-0.2, 0) is 24.8 Å². The van der Waals surface area contributed by atoms with E-state index >= 15 is 0 Å². The molecule has 0 aliphatic carbocycles. The molecule has 0 radical (unpaired) electrons. The molecular weight excluding hydrogens is 263 g/mol. The number of hydrogen-bond donors (Lipinski definition) is 2. The molecule has 0 aliphatic heterocycles. The fourth-order valence-electron chi connectivity index (χ4n) is 1.47. The van der Waals surface area contributed by atoms with Gasteiger partial charge in [0.15, 0.2) is 0 Å². The Morgan fingerprint density at radius 2 is 2.11 bits per heavy atom. The molecule has 0 aromatic carbocycles. The average Bonchev–Trinajstić information content (AvgIpc) is 2.65. The highest BCUT2D eigenvalue weighted by molar-refractivity contribution is 5.79. The highest BCUT2D eigenvalue weighted by atomic mass is 19.4. The number of aliphatic carboxylic acids is 1. The van der Waals surface area contributed by atoms with E-state index in [0.717, 1.165) is 5.69 Å². The molecule has 0 bridgehead atoms. The number of carbonyl (C=O) groups is 1. The smallest absolute Gasteiger partial charge is 0.417 e. The maximum atomic E-state index is 12.8. The van der Waals surface area contributed by atoms with Gasteiger partial charge in [-0.3, -0.25) is 10.00 Å². The third-order valence-electron chi connectivity index (χ3n) is 3.01. The Labute approximate surface area is 108 Å². The van der Waals surface area contributed by atoms with E-state index in [1.165, 1.54) is 4.68 Å². The number of rotatable bonds is 5. The van der Waals surface area contributed by atoms with Crippen molar-refractivity contribution in [3.05, 3.63) is 17.5 Å². The summed E-state index contributed by atoms with van der Waals surface area (Å²) in [6, 6.07) is 1.64. The second-order valence-electron chi connectivity index (χ2n) is 4.39. The van der Waals surface area contributed by atoms with Gasteiger partial charge in [0, 0.05) is 13.6 Å². The largest absolute Gasteiger partial charge is 0.480 e. The van der Waals surface area contributed by atoms with Crippen molar-refractivity contribution in [3.8, 4) is 0 Å². The van der Waals surface area contributed by atoms with Crippen LogP contribution >= 0.6 is 0 Å². The van der Waals surface area contributed by atoms with Gasteiger partial charge in [0.2, 0.25) is 5.54 Å². The SMILES string of the molecule is CCc1cc(CNC(C)(C(=O)O)C(F)(F)F)n(C)n1. The number of nitrogens with zero attached hydrogens (tertiary/aromatic N) is 2. The zero-order valence-electron chi connectivity index (χ0n) is 10.9. The molecule has 8 heteroatoms. The van der Waals surface area contributed by atoms with Crippen LogP contribution in [0.1, 0.15) is 25.2 Å². The van der Waals surface area contributed by atoms with Crippen molar-refractivity contribution < 1.29 is 23.1 Å². The van der Waals surface area contributed by atoms with Crippen LogP contribution in [0, 0.1) is 0 Å². The van der Waals surface area contributed by atoms with E-state index < -0.39 is 17.7 Å². The lowest BCUT2D eigenvalue weighted by molar-refractivity contribution is -0.206. The minimum Gasteiger partial charge on any atom is -0.480 e. The Bertz CT molecular complexity index is 470. The number of nitrogens with one attached hydrogen (secondary N) is 1. The number of carboxylic acid groups (broad SMARTS) is 1. The average molecular weight is 279 g/mol. The quantitative estimate of drug-likeness (QED) is 0.856. The summed E-state index contributed by atoms with van der Waals surface area (Å²) in [7, 11) is 1.60. The van der Waals surface area contributed by atoms with Crippen molar-refractivity contribution >= 4 is 5.97 Å². The highest BCUT2D eigenvalue weighted by Crippen LogP contribution is 2.30. The van der Waals surface area contributed by atoms with Crippen molar-refractivity contribution in [1.29, 1.82) is 0 Å². The predicted molar refractivity (Wildman–Crippen MR) is 61.5 cm³/mol. The van der Waals surface area contributed by atoms with Crippen LogP contribution in [0.25, 0.3) is 0 Å². The van der Waals surface area contributed by atoms with E-state index in [4.69, 9.17) is 5.11 Å². The van der Waals surface area contributed by atoms with E-state index in [-0.39, 0.29) is 6.54 Å². The van der Waals surface area contributed by atoms with Gasteiger partial charge in [-0.15, -0.1) is 0 Å². The Balaban J connectivity index is 2.89. The Kier molecular flexibility index (Phi) is 4.24. The number of carboxylic acids is 1. The fourth-order valence-corrected chi connectivity index (χ4v) is 1.47. The van der Waals surface area contributed by atoms with E-state index in [0.29, 0.717) is 19.0 Å². The van der Waals surface area contributed by atoms with Gasteiger partial charge in [0.1, 0.15) is 0 Å². The lowest BCUT2D eigenvalue weighted by Crippen LogP contribution is -2.59. The maximum Gasteiger partial charge on any atom is 0.417 e. The van der Waals surface area contributed by atoms with E-state index in [2.05, 4.69) is 5.10 Å². The Hall–Kier alpha value is -1.57. The number of aryl methyl sites for hydroxylation is 2. The monoisotopic (exact) mass is 279 g/mol. The van der Waals surface area contributed by atoms with Crippen LogP contribution < -0.4 is 5.32 Å². The van der Waals surface area contributed by atoms with Crippen molar-refractivity contribution in [2.24, 2.45) is 7.05 Å². The van der Waals surface area contributed by atoms with Gasteiger partial charge >= 0.3 is 12.1 Å². The van der Waals surface area contributed by atoms with Gasteiger partial charge in [-0.2, -0.15) is 18.3 Å². The molecule has 1 aromatic rings. The topological polar surface area (TPSA) is 67.2 Å². The molecule has 1 rings (SSSR count). The summed E-state index contributed by atoms with van der Waals surface area (Å²) >= 11 is 0. The van der Waals surface area contributed by atoms with Gasteiger partial charge in [-0.25, -0.2) is 4.79 Å². The molecule has 19 heavy (non-hydrogen) atoms. The highest BCUT2D eigenvalue weighted by Gasteiger charge is 2.57. The molecular formula is C11H16F3N3O2. The molecule has 1 heterocycles. The number of aromatic nitrogens is 2. The number of alkyl halides is 3. The molecule has 1 aromatic heterocycles. The molecule has 5 nitrogen and oxygen atoms in total. The third kappa shape index (κ3) is 3.06. The van der Waals surface area contributed by atoms with E-state index in [1.807, 2.05) is 12.2 Å². The first-order chi connectivity index (χ1) is 8.61. The van der Waals surface area contributed by atoms with E-state index in [9.17, 15) is 18.0 Å². The summed E-state index contributed by atoms with van der Waals surface area (Å²) in [6.45, 7) is 2.24. The minimum atomic E-state index is -4.88. The first-order valence-corrected chi connectivity index (χ1v) is 5.68. The molecule has 2 N–H and O–H groups in total. The second kappa shape index (κ2) is 5.20. The molecule has 1 unspecified atom stereocenters. The van der Waals surface area contributed by atoms with Crippen LogP contribution in [0.5, 0.6) is 0 Å². The van der Waals surface area contributed by atoms with Gasteiger partial charge < -0.3 is 5.11 Å². The summed E-state index contributed by atoms with van der Waals surface area (Å²) in [5.41, 5.74) is -1.75. The van der Waals surface area contributed by atoms with Crippen LogP contribution in [0.4, 0.5) is 13.2 Å². The van der Waals surface area contributed by atoms with Gasteiger partial charge in [-0.05, 0) is 19.4 Å². The first kappa shape index (κ1) is 15.5. The Morgan fingerprint density at radius 3 is 2.47 bits per heavy atom. The normalized spacial score (nSPS) is 15.3. The lowest BCUT2D eigenvalue weighted by atomic mass is 10.0. The van der Waals surface area contributed by atoms with E-state index in [1.54, 1.807) is 13.1 Å². The molecule has 0 saturated heterocycles. The molecule has 108 valence electrons. The number of halogens is 3. The van der Waals surface area contributed by atoms with Crippen LogP contribution in [0.2, 0.25) is 0 Å². The summed E-state index contributed by atoms with van der Waals surface area (Å²) < 4.78 is 39.7. The van der Waals surface area contributed by atoms with Crippen molar-refractivity contribution in [2.45, 2.75) is 38.5 Å². The predicted octanol–water partition coefficient (Wildman–Crippen LogP) is 1.48. The molecule has 1 atom stereocenters. The molecule has 0 saturated carbocycles. The van der Waals surface area contributed by atoms with Crippen LogP contribution in [-0.4, -0.2) is 32.6 Å². The summed E-state index contributed by atoms with van der Waals surface area (Å²) in [6.07, 6.45) is -4.23. The molecule has 0 fully saturated rings. The first-order valence-electron chi connectivity index (χ1n) is 5.68. The summed E-state index contributed by atoms with van der Waals surface area (Å²) in [4.78, 5) is 10.8. The second-order valence-corrected chi connectivity index (χ2v) is 4.39. The lowest BCUT2D eigenvalue weighted by Gasteiger charge is -2.28. The fraction of sp³-hybridized carbons (Fsp3) is 0.636. The Morgan fingerprint density at radius 1 is 1.53 bits per heavy atom. The zero-order valence-corrected chi connectivity index (χ0v) is 10.9. The standard InChI is InChI=1S/C11H16F3N3O2/c1-4-7-5-8(17(3)16-7)6-15-10(2,9(18)19)11(12,13)14/h5,15H,4,6H2,1-3H3,(H,18,19). The van der Waals surface area contributed by atoms with Gasteiger partial charge in [0.05, 0.1) is 11.4 Å². The summed E-state index contributed by atoms with van der Waals surface area (Å²) in [5, 5.41) is 14.9. The molecule has 0 aliphatic rings. The van der Waals surface area contributed by atoms with Crippen LogP contribution in [0.3, 0.4) is 0 Å². The van der Waals surface area contributed by atoms with Crippen molar-refractivity contribution in [1.82, 2.24) is 15.1 Å². The maximum absolute atomic E-state index is 12.8. The van der Waals surface area contributed by atoms with Crippen molar-refractivity contribution in [2.75, 3.05) is 0 Å². The molecule has 0 spiro atoms. The summed E-state index contributed by atoms with van der Waals surface area (Å²) in [5.74, 6) is -1.96. The van der Waals surface area contributed by atoms with Gasteiger partial charge in [-0.1, -0.05) is 6.92 Å². The van der Waals surface area contributed by atoms with Crippen LogP contribution in [0.15, 0.2) is 6.07 Å². The van der Waals surface area contributed by atoms with Crippen molar-refractivity contribution in [3.63, 3.8) is 0 Å².